The summed E-state index contributed by atoms with van der Waals surface area (Å²) in [4.78, 5) is 11.3. The van der Waals surface area contributed by atoms with Gasteiger partial charge < -0.3 is 0 Å². The molecule has 1 heterocycles. The molecule has 1 fully saturated rings. The van der Waals surface area contributed by atoms with Crippen molar-refractivity contribution < 1.29 is 4.79 Å². The van der Waals surface area contributed by atoms with Crippen LogP contribution in [0.1, 0.15) is 19.8 Å². The molecule has 3 nitrogen and oxygen atoms in total. The lowest BCUT2D eigenvalue weighted by molar-refractivity contribution is -0.141. The Morgan fingerprint density at radius 1 is 1.60 bits per heavy atom. The normalized spacial score (nSPS) is 31.7. The maximum Gasteiger partial charge on any atom is 0.258 e. The zero-order valence-corrected chi connectivity index (χ0v) is 11.0. The number of rotatable bonds is 4. The molecule has 0 unspecified atom stereocenters. The molecule has 0 aromatic carbocycles. The van der Waals surface area contributed by atoms with E-state index in [9.17, 15) is 4.79 Å². The molecule has 5 heteroatoms. The molecular formula is C10H18Cl2N2O. The molecule has 0 aromatic rings. The largest absolute Gasteiger partial charge is 0.274 e. The summed E-state index contributed by atoms with van der Waals surface area (Å²) >= 11 is 12.3. The van der Waals surface area contributed by atoms with E-state index in [1.165, 1.54) is 0 Å². The molecule has 0 spiro atoms. The smallest absolute Gasteiger partial charge is 0.258 e. The topological polar surface area (TPSA) is 23.6 Å². The summed E-state index contributed by atoms with van der Waals surface area (Å²) in [6, 6.07) is 0. The summed E-state index contributed by atoms with van der Waals surface area (Å²) in [5.41, 5.74) is 0. The molecule has 0 aromatic heterocycles. The van der Waals surface area contributed by atoms with Gasteiger partial charge in [-0.1, -0.05) is 13.3 Å². The van der Waals surface area contributed by atoms with Crippen LogP contribution in [0.3, 0.4) is 0 Å². The van der Waals surface area contributed by atoms with Crippen LogP contribution in [0.15, 0.2) is 0 Å². The number of amides is 1. The van der Waals surface area contributed by atoms with Crippen LogP contribution in [0.4, 0.5) is 0 Å². The fourth-order valence-electron chi connectivity index (χ4n) is 2.02. The van der Waals surface area contributed by atoms with Crippen LogP contribution >= 0.6 is 23.2 Å². The number of nitrogens with zero attached hydrogens (tertiary/aromatic N) is 2. The third kappa shape index (κ3) is 2.24. The van der Waals surface area contributed by atoms with Crippen LogP contribution in [0.25, 0.3) is 0 Å². The Bertz CT molecular complexity index is 248. The van der Waals surface area contributed by atoms with E-state index >= 15 is 0 Å². The fraction of sp³-hybridized carbons (Fsp3) is 0.900. The maximum absolute atomic E-state index is 12.1. The number of carbonyl (C=O) groups is 1. The van der Waals surface area contributed by atoms with E-state index in [1.807, 2.05) is 21.0 Å². The Hall–Kier alpha value is 0.01000. The molecule has 0 bridgehead atoms. The van der Waals surface area contributed by atoms with Crippen molar-refractivity contribution in [2.24, 2.45) is 5.92 Å². The van der Waals surface area contributed by atoms with Gasteiger partial charge in [-0.15, -0.1) is 23.2 Å². The Morgan fingerprint density at radius 2 is 2.20 bits per heavy atom. The summed E-state index contributed by atoms with van der Waals surface area (Å²) in [7, 11) is 3.69. The lowest BCUT2D eigenvalue weighted by Crippen LogP contribution is -2.43. The lowest BCUT2D eigenvalue weighted by Gasteiger charge is -2.26. The van der Waals surface area contributed by atoms with E-state index in [0.29, 0.717) is 18.8 Å². The molecule has 0 aliphatic carbocycles. The van der Waals surface area contributed by atoms with E-state index in [2.05, 4.69) is 0 Å². The van der Waals surface area contributed by atoms with Crippen molar-refractivity contribution in [2.75, 3.05) is 26.5 Å². The number of hydrogen-bond donors (Lipinski definition) is 0. The van der Waals surface area contributed by atoms with Crippen molar-refractivity contribution in [3.63, 3.8) is 0 Å². The van der Waals surface area contributed by atoms with E-state index in [4.69, 9.17) is 23.2 Å². The van der Waals surface area contributed by atoms with Gasteiger partial charge in [-0.2, -0.15) is 0 Å². The summed E-state index contributed by atoms with van der Waals surface area (Å²) < 4.78 is 0. The molecule has 1 rings (SSSR count). The van der Waals surface area contributed by atoms with Gasteiger partial charge in [0.05, 0.1) is 0 Å². The van der Waals surface area contributed by atoms with Crippen LogP contribution in [-0.2, 0) is 4.79 Å². The Morgan fingerprint density at radius 3 is 2.60 bits per heavy atom. The van der Waals surface area contributed by atoms with Crippen LogP contribution < -0.4 is 0 Å². The van der Waals surface area contributed by atoms with Crippen LogP contribution in [-0.4, -0.2) is 47.3 Å². The first kappa shape index (κ1) is 13.1. The molecule has 1 aliphatic rings. The third-order valence-electron chi connectivity index (χ3n) is 2.91. The lowest BCUT2D eigenvalue weighted by atomic mass is 9.92. The van der Waals surface area contributed by atoms with E-state index in [1.54, 1.807) is 10.0 Å². The van der Waals surface area contributed by atoms with Gasteiger partial charge in [-0.25, -0.2) is 5.01 Å². The van der Waals surface area contributed by atoms with E-state index in [0.717, 1.165) is 6.42 Å². The predicted molar refractivity (Wildman–Crippen MR) is 63.1 cm³/mol. The van der Waals surface area contributed by atoms with Crippen LogP contribution in [0.2, 0.25) is 0 Å². The van der Waals surface area contributed by atoms with Gasteiger partial charge in [0.25, 0.3) is 5.91 Å². The molecule has 15 heavy (non-hydrogen) atoms. The molecule has 1 saturated heterocycles. The van der Waals surface area contributed by atoms with Crippen molar-refractivity contribution in [3.05, 3.63) is 0 Å². The third-order valence-corrected chi connectivity index (χ3v) is 3.95. The average Bonchev–Trinajstić information content (AvgIpc) is 2.41. The molecule has 1 aliphatic heterocycles. The standard InChI is InChI=1S/C10H18Cl2N2O/c1-4-5-10(12)8(6-11)7-14(9(10)15)13(2)3/h8H,4-7H2,1-3H3/t8-,10-/m1/s1. The minimum absolute atomic E-state index is 0.0123. The fourth-order valence-corrected chi connectivity index (χ4v) is 2.89. The number of alkyl halides is 2. The maximum atomic E-state index is 12.1. The number of halogens is 2. The van der Waals surface area contributed by atoms with Crippen LogP contribution in [0.5, 0.6) is 0 Å². The summed E-state index contributed by atoms with van der Waals surface area (Å²) in [6.07, 6.45) is 1.58. The van der Waals surface area contributed by atoms with Crippen LogP contribution in [0, 0.1) is 5.92 Å². The summed E-state index contributed by atoms with van der Waals surface area (Å²) in [6.45, 7) is 2.65. The zero-order valence-electron chi connectivity index (χ0n) is 9.46. The minimum Gasteiger partial charge on any atom is -0.274 e. The van der Waals surface area contributed by atoms with Gasteiger partial charge in [0.2, 0.25) is 0 Å². The Kier molecular flexibility index (Phi) is 4.27. The highest BCUT2D eigenvalue weighted by atomic mass is 35.5. The highest BCUT2D eigenvalue weighted by Crippen LogP contribution is 2.39. The first-order valence-corrected chi connectivity index (χ1v) is 6.12. The molecule has 0 saturated carbocycles. The van der Waals surface area contributed by atoms with E-state index < -0.39 is 4.87 Å². The molecule has 1 amide bonds. The second kappa shape index (κ2) is 4.89. The average molecular weight is 253 g/mol. The molecule has 2 atom stereocenters. The SMILES string of the molecule is CCC[C@]1(Cl)C(=O)N(N(C)C)C[C@H]1CCl. The molecule has 0 N–H and O–H groups in total. The monoisotopic (exact) mass is 252 g/mol. The summed E-state index contributed by atoms with van der Waals surface area (Å²) in [5.74, 6) is 0.455. The van der Waals surface area contributed by atoms with Crippen molar-refractivity contribution in [1.82, 2.24) is 10.0 Å². The van der Waals surface area contributed by atoms with Gasteiger partial charge in [0.1, 0.15) is 4.87 Å². The number of carbonyl (C=O) groups excluding carboxylic acids is 1. The highest BCUT2D eigenvalue weighted by molar-refractivity contribution is 6.36. The Labute approximate surface area is 101 Å². The van der Waals surface area contributed by atoms with Gasteiger partial charge >= 0.3 is 0 Å². The van der Waals surface area contributed by atoms with Gasteiger partial charge in [-0.05, 0) is 6.42 Å². The van der Waals surface area contributed by atoms with Crippen molar-refractivity contribution in [3.8, 4) is 0 Å². The second-order valence-electron chi connectivity index (χ2n) is 4.20. The molecular weight excluding hydrogens is 235 g/mol. The summed E-state index contributed by atoms with van der Waals surface area (Å²) in [5, 5.41) is 3.46. The Balaban J connectivity index is 2.89. The first-order chi connectivity index (χ1) is 6.97. The second-order valence-corrected chi connectivity index (χ2v) is 5.18. The van der Waals surface area contributed by atoms with Crippen molar-refractivity contribution in [1.29, 1.82) is 0 Å². The first-order valence-electron chi connectivity index (χ1n) is 5.21. The quantitative estimate of drug-likeness (QED) is 0.715. The minimum atomic E-state index is -0.791. The van der Waals surface area contributed by atoms with Gasteiger partial charge in [0.15, 0.2) is 0 Å². The zero-order chi connectivity index (χ0) is 11.6. The van der Waals surface area contributed by atoms with Crippen molar-refractivity contribution >= 4 is 29.1 Å². The highest BCUT2D eigenvalue weighted by Gasteiger charge is 2.52. The van der Waals surface area contributed by atoms with Gasteiger partial charge in [0, 0.05) is 32.4 Å². The molecule has 0 radical (unpaired) electrons. The predicted octanol–water partition coefficient (Wildman–Crippen LogP) is 1.94. The van der Waals surface area contributed by atoms with E-state index in [-0.39, 0.29) is 11.8 Å². The van der Waals surface area contributed by atoms with Gasteiger partial charge in [-0.3, -0.25) is 9.80 Å². The van der Waals surface area contributed by atoms with Crippen molar-refractivity contribution in [2.45, 2.75) is 24.6 Å². The number of hydrogen-bond acceptors (Lipinski definition) is 2. The molecule has 88 valence electrons. The number of hydrazine groups is 1.